The van der Waals surface area contributed by atoms with Crippen LogP contribution in [0.2, 0.25) is 8.67 Å². The molecule has 0 aliphatic heterocycles. The zero-order chi connectivity index (χ0) is 9.68. The average Bonchev–Trinajstić information content (AvgIpc) is 2.39. The van der Waals surface area contributed by atoms with E-state index in [2.05, 4.69) is 5.32 Å². The number of rotatable bonds is 5. The maximum Gasteiger partial charge on any atom is 0.0989 e. The van der Waals surface area contributed by atoms with Crippen LogP contribution in [0.15, 0.2) is 6.07 Å². The number of hydrogen-bond donors (Lipinski definition) is 2. The molecule has 1 aromatic rings. The second kappa shape index (κ2) is 5.83. The molecule has 0 unspecified atom stereocenters. The number of aliphatic hydroxyl groups excluding tert-OH is 1. The lowest BCUT2D eigenvalue weighted by Gasteiger charge is -2.01. The zero-order valence-corrected chi connectivity index (χ0v) is 9.35. The zero-order valence-electron chi connectivity index (χ0n) is 7.02. The molecule has 0 saturated heterocycles. The Hall–Kier alpha value is 0.200. The highest BCUT2D eigenvalue weighted by atomic mass is 35.5. The monoisotopic (exact) mass is 239 g/mol. The first-order valence-electron chi connectivity index (χ1n) is 3.99. The maximum atomic E-state index is 8.54. The molecule has 0 radical (unpaired) electrons. The molecule has 5 heteroatoms. The Kier molecular flexibility index (Phi) is 5.06. The van der Waals surface area contributed by atoms with Gasteiger partial charge in [-0.2, -0.15) is 0 Å². The standard InChI is InChI=1S/C8H11Cl2NOS/c9-7-4-6(8(10)13-7)5-11-2-1-3-12/h4,11-12H,1-3,5H2. The molecule has 0 aliphatic rings. The molecule has 0 bridgehead atoms. The average molecular weight is 240 g/mol. The number of halogens is 2. The van der Waals surface area contributed by atoms with E-state index in [1.807, 2.05) is 6.07 Å². The van der Waals surface area contributed by atoms with Crippen LogP contribution >= 0.6 is 34.5 Å². The first-order valence-corrected chi connectivity index (χ1v) is 5.56. The smallest absolute Gasteiger partial charge is 0.0989 e. The van der Waals surface area contributed by atoms with Crippen LogP contribution in [0.4, 0.5) is 0 Å². The largest absolute Gasteiger partial charge is 0.396 e. The van der Waals surface area contributed by atoms with Crippen LogP contribution in [-0.4, -0.2) is 18.3 Å². The fourth-order valence-electron chi connectivity index (χ4n) is 0.922. The first kappa shape index (κ1) is 11.3. The van der Waals surface area contributed by atoms with Gasteiger partial charge in [-0.25, -0.2) is 0 Å². The van der Waals surface area contributed by atoms with Gasteiger partial charge >= 0.3 is 0 Å². The van der Waals surface area contributed by atoms with Crippen LogP contribution in [0.5, 0.6) is 0 Å². The summed E-state index contributed by atoms with van der Waals surface area (Å²) in [5.41, 5.74) is 1.02. The number of thiophene rings is 1. The highest BCUT2D eigenvalue weighted by molar-refractivity contribution is 7.20. The predicted molar refractivity (Wildman–Crippen MR) is 57.7 cm³/mol. The lowest BCUT2D eigenvalue weighted by molar-refractivity contribution is 0.286. The normalized spacial score (nSPS) is 10.7. The SMILES string of the molecule is OCCCNCc1cc(Cl)sc1Cl. The van der Waals surface area contributed by atoms with Crippen LogP contribution in [0.25, 0.3) is 0 Å². The van der Waals surface area contributed by atoms with Gasteiger partial charge in [0.05, 0.1) is 8.67 Å². The second-order valence-corrected chi connectivity index (χ2v) is 4.89. The van der Waals surface area contributed by atoms with Gasteiger partial charge in [0.1, 0.15) is 0 Å². The third kappa shape index (κ3) is 3.83. The fourth-order valence-corrected chi connectivity index (χ4v) is 2.41. The van der Waals surface area contributed by atoms with E-state index in [0.29, 0.717) is 10.9 Å². The second-order valence-electron chi connectivity index (χ2n) is 2.60. The van der Waals surface area contributed by atoms with E-state index < -0.39 is 0 Å². The van der Waals surface area contributed by atoms with Gasteiger partial charge in [0.25, 0.3) is 0 Å². The molecule has 1 aromatic heterocycles. The van der Waals surface area contributed by atoms with Crippen molar-refractivity contribution in [2.24, 2.45) is 0 Å². The molecule has 0 amide bonds. The highest BCUT2D eigenvalue weighted by Gasteiger charge is 2.04. The third-order valence-corrected chi connectivity index (χ3v) is 3.12. The van der Waals surface area contributed by atoms with E-state index in [1.165, 1.54) is 11.3 Å². The Morgan fingerprint density at radius 1 is 1.46 bits per heavy atom. The molecule has 0 fully saturated rings. The van der Waals surface area contributed by atoms with E-state index in [0.717, 1.165) is 22.9 Å². The van der Waals surface area contributed by atoms with E-state index in [9.17, 15) is 0 Å². The van der Waals surface area contributed by atoms with Crippen molar-refractivity contribution in [3.63, 3.8) is 0 Å². The summed E-state index contributed by atoms with van der Waals surface area (Å²) < 4.78 is 1.45. The molecule has 13 heavy (non-hydrogen) atoms. The van der Waals surface area contributed by atoms with Gasteiger partial charge in [0, 0.05) is 13.2 Å². The van der Waals surface area contributed by atoms with Crippen molar-refractivity contribution in [2.75, 3.05) is 13.2 Å². The Morgan fingerprint density at radius 3 is 2.77 bits per heavy atom. The third-order valence-electron chi connectivity index (χ3n) is 1.55. The van der Waals surface area contributed by atoms with Gasteiger partial charge in [-0.3, -0.25) is 0 Å². The molecule has 1 rings (SSSR count). The summed E-state index contributed by atoms with van der Waals surface area (Å²) in [5.74, 6) is 0. The van der Waals surface area contributed by atoms with Gasteiger partial charge in [-0.15, -0.1) is 11.3 Å². The van der Waals surface area contributed by atoms with E-state index in [1.54, 1.807) is 0 Å². The lowest BCUT2D eigenvalue weighted by Crippen LogP contribution is -2.15. The Bertz CT molecular complexity index is 265. The molecule has 0 aliphatic carbocycles. The quantitative estimate of drug-likeness (QED) is 0.775. The first-order chi connectivity index (χ1) is 6.24. The summed E-state index contributed by atoms with van der Waals surface area (Å²) in [4.78, 5) is 0. The van der Waals surface area contributed by atoms with Crippen LogP contribution in [-0.2, 0) is 6.54 Å². The minimum Gasteiger partial charge on any atom is -0.396 e. The van der Waals surface area contributed by atoms with Crippen LogP contribution in [0.3, 0.4) is 0 Å². The van der Waals surface area contributed by atoms with Crippen molar-refractivity contribution in [1.29, 1.82) is 0 Å². The Balaban J connectivity index is 2.32. The lowest BCUT2D eigenvalue weighted by atomic mass is 10.3. The van der Waals surface area contributed by atoms with Crippen molar-refractivity contribution in [2.45, 2.75) is 13.0 Å². The number of hydrogen-bond acceptors (Lipinski definition) is 3. The molecular weight excluding hydrogens is 229 g/mol. The van der Waals surface area contributed by atoms with Crippen molar-refractivity contribution >= 4 is 34.5 Å². The topological polar surface area (TPSA) is 32.3 Å². The Morgan fingerprint density at radius 2 is 2.23 bits per heavy atom. The Labute approximate surface area is 91.5 Å². The molecule has 1 heterocycles. The van der Waals surface area contributed by atoms with Crippen LogP contribution < -0.4 is 5.32 Å². The molecular formula is C8H11Cl2NOS. The van der Waals surface area contributed by atoms with Crippen LogP contribution in [0.1, 0.15) is 12.0 Å². The van der Waals surface area contributed by atoms with Crippen molar-refractivity contribution < 1.29 is 5.11 Å². The van der Waals surface area contributed by atoms with Gasteiger partial charge in [-0.05, 0) is 24.6 Å². The van der Waals surface area contributed by atoms with E-state index in [-0.39, 0.29) is 6.61 Å². The maximum absolute atomic E-state index is 8.54. The van der Waals surface area contributed by atoms with Crippen LogP contribution in [0, 0.1) is 0 Å². The van der Waals surface area contributed by atoms with E-state index >= 15 is 0 Å². The minimum atomic E-state index is 0.213. The molecule has 2 nitrogen and oxygen atoms in total. The summed E-state index contributed by atoms with van der Waals surface area (Å²) in [5, 5.41) is 11.7. The number of aliphatic hydroxyl groups is 1. The minimum absolute atomic E-state index is 0.213. The molecule has 0 saturated carbocycles. The molecule has 0 aromatic carbocycles. The van der Waals surface area contributed by atoms with Gasteiger partial charge < -0.3 is 10.4 Å². The van der Waals surface area contributed by atoms with E-state index in [4.69, 9.17) is 28.3 Å². The number of nitrogens with one attached hydrogen (secondary N) is 1. The predicted octanol–water partition coefficient (Wildman–Crippen LogP) is 2.53. The van der Waals surface area contributed by atoms with Gasteiger partial charge in [-0.1, -0.05) is 23.2 Å². The summed E-state index contributed by atoms with van der Waals surface area (Å²) in [7, 11) is 0. The van der Waals surface area contributed by atoms with Gasteiger partial charge in [0.15, 0.2) is 0 Å². The van der Waals surface area contributed by atoms with Gasteiger partial charge in [0.2, 0.25) is 0 Å². The summed E-state index contributed by atoms with van der Waals surface area (Å²) in [6, 6.07) is 1.86. The summed E-state index contributed by atoms with van der Waals surface area (Å²) in [6.07, 6.45) is 0.759. The molecule has 0 spiro atoms. The van der Waals surface area contributed by atoms with Crippen molar-refractivity contribution in [3.8, 4) is 0 Å². The van der Waals surface area contributed by atoms with Crippen molar-refractivity contribution in [3.05, 3.63) is 20.3 Å². The summed E-state index contributed by atoms with van der Waals surface area (Å²) in [6.45, 7) is 1.72. The molecule has 2 N–H and O–H groups in total. The summed E-state index contributed by atoms with van der Waals surface area (Å²) >= 11 is 13.0. The van der Waals surface area contributed by atoms with Crippen molar-refractivity contribution in [1.82, 2.24) is 5.32 Å². The fraction of sp³-hybridized carbons (Fsp3) is 0.500. The molecule has 74 valence electrons. The molecule has 0 atom stereocenters. The highest BCUT2D eigenvalue weighted by Crippen LogP contribution is 2.30.